The largest absolute Gasteiger partial charge is 0.459 e. The van der Waals surface area contributed by atoms with Gasteiger partial charge in [0, 0.05) is 12.1 Å². The maximum atomic E-state index is 12.7. The molecular weight excluding hydrogens is 352 g/mol. The molecule has 0 spiro atoms. The smallest absolute Gasteiger partial charge is 0.327 e. The molecule has 1 fully saturated rings. The number of carbonyl (C=O) groups excluding carboxylic acids is 2. The van der Waals surface area contributed by atoms with Gasteiger partial charge in [-0.15, -0.1) is 0 Å². The van der Waals surface area contributed by atoms with Gasteiger partial charge in [0.05, 0.1) is 4.92 Å². The SMILES string of the molecule is CC(C)C1(C(=O)OC(C)(C)C)CC1(N)C(=O)OCc1ccc([N+](=O)[O-])cc1. The Bertz CT molecular complexity index is 752. The highest BCUT2D eigenvalue weighted by Crippen LogP contribution is 2.61. The second-order valence-corrected chi connectivity index (χ2v) is 8.28. The molecule has 0 amide bonds. The van der Waals surface area contributed by atoms with E-state index in [-0.39, 0.29) is 24.6 Å². The highest BCUT2D eigenvalue weighted by molar-refractivity contribution is 5.98. The summed E-state index contributed by atoms with van der Waals surface area (Å²) in [6, 6.07) is 5.67. The minimum Gasteiger partial charge on any atom is -0.459 e. The third-order valence-electron chi connectivity index (χ3n) is 4.86. The summed E-state index contributed by atoms with van der Waals surface area (Å²) in [4.78, 5) is 35.5. The lowest BCUT2D eigenvalue weighted by Crippen LogP contribution is -2.47. The van der Waals surface area contributed by atoms with Crippen LogP contribution in [0.3, 0.4) is 0 Å². The van der Waals surface area contributed by atoms with E-state index in [0.717, 1.165) is 0 Å². The van der Waals surface area contributed by atoms with Gasteiger partial charge in [-0.25, -0.2) is 0 Å². The average Bonchev–Trinajstić information content (AvgIpc) is 3.21. The van der Waals surface area contributed by atoms with Gasteiger partial charge in [-0.05, 0) is 50.8 Å². The molecule has 0 bridgehead atoms. The first kappa shape index (κ1) is 20.8. The van der Waals surface area contributed by atoms with Crippen LogP contribution in [0, 0.1) is 21.4 Å². The van der Waals surface area contributed by atoms with E-state index in [1.54, 1.807) is 20.8 Å². The van der Waals surface area contributed by atoms with Crippen molar-refractivity contribution in [1.29, 1.82) is 0 Å². The zero-order valence-corrected chi connectivity index (χ0v) is 16.3. The van der Waals surface area contributed by atoms with Crippen molar-refractivity contribution < 1.29 is 24.0 Å². The van der Waals surface area contributed by atoms with Crippen molar-refractivity contribution >= 4 is 17.6 Å². The second kappa shape index (κ2) is 6.92. The molecule has 0 heterocycles. The first-order valence-electron chi connectivity index (χ1n) is 8.76. The molecule has 8 nitrogen and oxygen atoms in total. The fourth-order valence-electron chi connectivity index (χ4n) is 3.22. The summed E-state index contributed by atoms with van der Waals surface area (Å²) in [5.74, 6) is -1.38. The Hall–Kier alpha value is -2.48. The van der Waals surface area contributed by atoms with Crippen molar-refractivity contribution in [3.8, 4) is 0 Å². The molecule has 1 aromatic rings. The zero-order valence-electron chi connectivity index (χ0n) is 16.3. The van der Waals surface area contributed by atoms with Crippen LogP contribution in [0.25, 0.3) is 0 Å². The number of carbonyl (C=O) groups is 2. The molecule has 27 heavy (non-hydrogen) atoms. The summed E-state index contributed by atoms with van der Waals surface area (Å²) in [5.41, 5.74) is 3.54. The molecule has 1 saturated carbocycles. The number of nitrogens with zero attached hydrogens (tertiary/aromatic N) is 1. The van der Waals surface area contributed by atoms with E-state index >= 15 is 0 Å². The molecule has 0 saturated heterocycles. The Morgan fingerprint density at radius 1 is 1.22 bits per heavy atom. The van der Waals surface area contributed by atoms with Crippen molar-refractivity contribution in [1.82, 2.24) is 0 Å². The monoisotopic (exact) mass is 378 g/mol. The fourth-order valence-corrected chi connectivity index (χ4v) is 3.22. The van der Waals surface area contributed by atoms with Gasteiger partial charge in [0.25, 0.3) is 5.69 Å². The summed E-state index contributed by atoms with van der Waals surface area (Å²) in [7, 11) is 0. The molecule has 2 atom stereocenters. The first-order valence-corrected chi connectivity index (χ1v) is 8.76. The molecule has 0 aliphatic heterocycles. The lowest BCUT2D eigenvalue weighted by molar-refractivity contribution is -0.384. The number of non-ortho nitro benzene ring substituents is 1. The minimum atomic E-state index is -1.44. The van der Waals surface area contributed by atoms with E-state index in [9.17, 15) is 19.7 Å². The summed E-state index contributed by atoms with van der Waals surface area (Å²) < 4.78 is 10.8. The van der Waals surface area contributed by atoms with E-state index in [1.807, 2.05) is 13.8 Å². The lowest BCUT2D eigenvalue weighted by Gasteiger charge is -2.28. The molecule has 148 valence electrons. The van der Waals surface area contributed by atoms with Crippen molar-refractivity contribution in [3.63, 3.8) is 0 Å². The van der Waals surface area contributed by atoms with Crippen LogP contribution in [0.4, 0.5) is 5.69 Å². The van der Waals surface area contributed by atoms with E-state index in [0.29, 0.717) is 5.56 Å². The number of nitrogens with two attached hydrogens (primary N) is 1. The van der Waals surface area contributed by atoms with Crippen LogP contribution in [0.1, 0.15) is 46.6 Å². The number of nitro benzene ring substituents is 1. The maximum absolute atomic E-state index is 12.7. The van der Waals surface area contributed by atoms with Gasteiger partial charge >= 0.3 is 11.9 Å². The molecular formula is C19H26N2O6. The van der Waals surface area contributed by atoms with Crippen LogP contribution in [0.2, 0.25) is 0 Å². The molecule has 0 radical (unpaired) electrons. The van der Waals surface area contributed by atoms with Crippen LogP contribution >= 0.6 is 0 Å². The Morgan fingerprint density at radius 3 is 2.22 bits per heavy atom. The van der Waals surface area contributed by atoms with E-state index in [4.69, 9.17) is 15.2 Å². The number of nitro groups is 1. The Morgan fingerprint density at radius 2 is 1.78 bits per heavy atom. The summed E-state index contributed by atoms with van der Waals surface area (Å²) in [5, 5.41) is 10.7. The summed E-state index contributed by atoms with van der Waals surface area (Å²) >= 11 is 0. The predicted octanol–water partition coefficient (Wildman–Crippen LogP) is 2.72. The van der Waals surface area contributed by atoms with Crippen LogP contribution in [0.15, 0.2) is 24.3 Å². The first-order chi connectivity index (χ1) is 12.3. The van der Waals surface area contributed by atoms with Crippen LogP contribution in [0.5, 0.6) is 0 Å². The average molecular weight is 378 g/mol. The molecule has 1 aromatic carbocycles. The quantitative estimate of drug-likeness (QED) is 0.459. The van der Waals surface area contributed by atoms with E-state index in [2.05, 4.69) is 0 Å². The number of ether oxygens (including phenoxy) is 2. The van der Waals surface area contributed by atoms with Gasteiger partial charge in [-0.1, -0.05) is 13.8 Å². The minimum absolute atomic E-state index is 0.0497. The second-order valence-electron chi connectivity index (χ2n) is 8.28. The van der Waals surface area contributed by atoms with Crippen molar-refractivity contribution in [2.24, 2.45) is 17.1 Å². The number of benzene rings is 1. The number of hydrogen-bond donors (Lipinski definition) is 1. The van der Waals surface area contributed by atoms with E-state index in [1.165, 1.54) is 24.3 Å². The fraction of sp³-hybridized carbons (Fsp3) is 0.579. The van der Waals surface area contributed by atoms with Gasteiger partial charge < -0.3 is 15.2 Å². The zero-order chi connectivity index (χ0) is 20.6. The van der Waals surface area contributed by atoms with Gasteiger partial charge in [-0.2, -0.15) is 0 Å². The Labute approximate surface area is 158 Å². The van der Waals surface area contributed by atoms with Crippen molar-refractivity contribution in [2.75, 3.05) is 0 Å². The molecule has 2 unspecified atom stereocenters. The number of esters is 2. The third-order valence-corrected chi connectivity index (χ3v) is 4.86. The molecule has 2 N–H and O–H groups in total. The molecule has 1 aliphatic carbocycles. The highest BCUT2D eigenvalue weighted by atomic mass is 16.6. The van der Waals surface area contributed by atoms with Crippen LogP contribution in [-0.2, 0) is 25.7 Å². The maximum Gasteiger partial charge on any atom is 0.327 e. The Balaban J connectivity index is 2.08. The Kier molecular flexibility index (Phi) is 5.34. The van der Waals surface area contributed by atoms with Crippen molar-refractivity contribution in [3.05, 3.63) is 39.9 Å². The summed E-state index contributed by atoms with van der Waals surface area (Å²) in [6.07, 6.45) is 0.158. The number of rotatable bonds is 6. The van der Waals surface area contributed by atoms with Gasteiger partial charge in [0.2, 0.25) is 0 Å². The number of hydrogen-bond acceptors (Lipinski definition) is 7. The molecule has 0 aromatic heterocycles. The molecule has 1 aliphatic rings. The highest BCUT2D eigenvalue weighted by Gasteiger charge is 2.77. The standard InChI is InChI=1S/C19H26N2O6/c1-12(2)18(15(22)27-17(3,4)5)11-19(18,20)16(23)26-10-13-6-8-14(9-7-13)21(24)25/h6-9,12H,10-11,20H2,1-5H3. The predicted molar refractivity (Wildman–Crippen MR) is 97.5 cm³/mol. The van der Waals surface area contributed by atoms with Gasteiger partial charge in [-0.3, -0.25) is 19.7 Å². The van der Waals surface area contributed by atoms with Gasteiger partial charge in [0.15, 0.2) is 0 Å². The normalized spacial score (nSPS) is 24.4. The topological polar surface area (TPSA) is 122 Å². The summed E-state index contributed by atoms with van der Waals surface area (Å²) in [6.45, 7) is 8.83. The molecule has 8 heteroatoms. The van der Waals surface area contributed by atoms with E-state index < -0.39 is 33.4 Å². The molecule has 2 rings (SSSR count). The van der Waals surface area contributed by atoms with Crippen LogP contribution < -0.4 is 5.73 Å². The van der Waals surface area contributed by atoms with Crippen LogP contribution in [-0.4, -0.2) is 28.0 Å². The van der Waals surface area contributed by atoms with Gasteiger partial charge in [0.1, 0.15) is 23.2 Å². The third kappa shape index (κ3) is 3.95. The van der Waals surface area contributed by atoms with Crippen molar-refractivity contribution in [2.45, 2.75) is 58.8 Å². The lowest BCUT2D eigenvalue weighted by atomic mass is 9.87.